The Labute approximate surface area is 134 Å². The monoisotopic (exact) mass is 358 g/mol. The van der Waals surface area contributed by atoms with Gasteiger partial charge in [-0.25, -0.2) is 0 Å². The molecule has 112 valence electrons. The number of aryl methyl sites for hydroxylation is 2. The summed E-state index contributed by atoms with van der Waals surface area (Å²) in [5.74, 6) is 0.960. The summed E-state index contributed by atoms with van der Waals surface area (Å²) in [7, 11) is 0. The van der Waals surface area contributed by atoms with Crippen LogP contribution >= 0.6 is 27.7 Å². The molecule has 0 saturated heterocycles. The van der Waals surface area contributed by atoms with Crippen LogP contribution in [-0.4, -0.2) is 26.6 Å². The molecule has 1 aliphatic rings. The number of rotatable bonds is 6. The molecule has 0 amide bonds. The van der Waals surface area contributed by atoms with Crippen molar-refractivity contribution in [1.82, 2.24) is 9.78 Å². The molecule has 1 aromatic heterocycles. The summed E-state index contributed by atoms with van der Waals surface area (Å²) in [6.45, 7) is 4.84. The van der Waals surface area contributed by atoms with Gasteiger partial charge in [0.15, 0.2) is 0 Å². The van der Waals surface area contributed by atoms with E-state index in [0.717, 1.165) is 22.4 Å². The lowest BCUT2D eigenvalue weighted by atomic mass is 10.0. The van der Waals surface area contributed by atoms with Gasteiger partial charge in [0, 0.05) is 11.8 Å². The number of carbonyl (C=O) groups excluding carboxylic acids is 1. The van der Waals surface area contributed by atoms with Crippen LogP contribution in [0.5, 0.6) is 0 Å². The average molecular weight is 359 g/mol. The number of aromatic nitrogens is 2. The standard InChI is InChI=1S/C15H23BrN2OS/c1-3-18-14(15(16)11(2)17-18)9-12(19)10-20-13-7-5-4-6-8-13/h13H,3-10H2,1-2H3. The van der Waals surface area contributed by atoms with Crippen LogP contribution in [0.25, 0.3) is 0 Å². The van der Waals surface area contributed by atoms with Gasteiger partial charge in [-0.3, -0.25) is 9.48 Å². The minimum atomic E-state index is 0.316. The van der Waals surface area contributed by atoms with E-state index in [-0.39, 0.29) is 0 Å². The molecule has 0 radical (unpaired) electrons. The molecule has 0 spiro atoms. The first-order valence-electron chi connectivity index (χ1n) is 7.47. The number of halogens is 1. The Balaban J connectivity index is 1.87. The molecule has 0 bridgehead atoms. The minimum absolute atomic E-state index is 0.316. The van der Waals surface area contributed by atoms with Gasteiger partial charge in [-0.15, -0.1) is 0 Å². The van der Waals surface area contributed by atoms with Crippen LogP contribution in [0.2, 0.25) is 0 Å². The van der Waals surface area contributed by atoms with Crippen molar-refractivity contribution in [2.45, 2.75) is 64.2 Å². The predicted molar refractivity (Wildman–Crippen MR) is 88.4 cm³/mol. The number of carbonyl (C=O) groups is 1. The number of thioether (sulfide) groups is 1. The summed E-state index contributed by atoms with van der Waals surface area (Å²) in [6.07, 6.45) is 7.10. The maximum Gasteiger partial charge on any atom is 0.148 e. The van der Waals surface area contributed by atoms with Crippen LogP contribution in [0.3, 0.4) is 0 Å². The number of hydrogen-bond donors (Lipinski definition) is 0. The van der Waals surface area contributed by atoms with Gasteiger partial charge in [0.25, 0.3) is 0 Å². The van der Waals surface area contributed by atoms with E-state index in [4.69, 9.17) is 0 Å². The fourth-order valence-corrected chi connectivity index (χ4v) is 4.33. The van der Waals surface area contributed by atoms with Gasteiger partial charge >= 0.3 is 0 Å². The Morgan fingerprint density at radius 2 is 2.10 bits per heavy atom. The third-order valence-corrected chi connectivity index (χ3v) is 6.31. The zero-order valence-electron chi connectivity index (χ0n) is 12.3. The van der Waals surface area contributed by atoms with Crippen LogP contribution < -0.4 is 0 Å². The molecule has 0 aromatic carbocycles. The van der Waals surface area contributed by atoms with Gasteiger partial charge in [-0.05, 0) is 42.6 Å². The molecule has 1 fully saturated rings. The van der Waals surface area contributed by atoms with E-state index in [1.54, 1.807) is 0 Å². The van der Waals surface area contributed by atoms with Crippen molar-refractivity contribution >= 4 is 33.5 Å². The summed E-state index contributed by atoms with van der Waals surface area (Å²) in [5.41, 5.74) is 1.99. The topological polar surface area (TPSA) is 34.9 Å². The number of ketones is 1. The molecule has 0 N–H and O–H groups in total. The van der Waals surface area contributed by atoms with Crippen molar-refractivity contribution in [3.63, 3.8) is 0 Å². The Bertz CT molecular complexity index is 467. The Morgan fingerprint density at radius 1 is 1.40 bits per heavy atom. The van der Waals surface area contributed by atoms with Crippen molar-refractivity contribution < 1.29 is 4.79 Å². The van der Waals surface area contributed by atoms with E-state index in [0.29, 0.717) is 23.2 Å². The summed E-state index contributed by atoms with van der Waals surface area (Å²) in [6, 6.07) is 0. The number of hydrogen-bond acceptors (Lipinski definition) is 3. The molecule has 0 atom stereocenters. The second-order valence-corrected chi connectivity index (χ2v) is 7.53. The quantitative estimate of drug-likeness (QED) is 0.765. The molecule has 1 aromatic rings. The molecule has 1 aliphatic carbocycles. The fourth-order valence-electron chi connectivity index (χ4n) is 2.72. The second-order valence-electron chi connectivity index (χ2n) is 5.45. The highest BCUT2D eigenvalue weighted by Crippen LogP contribution is 2.28. The molecule has 20 heavy (non-hydrogen) atoms. The number of nitrogens with zero attached hydrogens (tertiary/aromatic N) is 2. The van der Waals surface area contributed by atoms with E-state index >= 15 is 0 Å². The van der Waals surface area contributed by atoms with Gasteiger partial charge in [0.1, 0.15) is 5.78 Å². The van der Waals surface area contributed by atoms with E-state index in [1.807, 2.05) is 23.4 Å². The highest BCUT2D eigenvalue weighted by atomic mass is 79.9. The van der Waals surface area contributed by atoms with Crippen LogP contribution in [0.4, 0.5) is 0 Å². The number of Topliss-reactive ketones (excluding diaryl/α,β-unsaturated/α-hetero) is 1. The van der Waals surface area contributed by atoms with Gasteiger partial charge in [0.2, 0.25) is 0 Å². The molecule has 1 saturated carbocycles. The molecule has 0 aliphatic heterocycles. The van der Waals surface area contributed by atoms with E-state index < -0.39 is 0 Å². The van der Waals surface area contributed by atoms with Crippen LogP contribution in [-0.2, 0) is 17.8 Å². The average Bonchev–Trinajstić information content (AvgIpc) is 2.74. The highest BCUT2D eigenvalue weighted by Gasteiger charge is 2.18. The Kier molecular flexibility index (Phi) is 6.15. The first-order valence-corrected chi connectivity index (χ1v) is 9.31. The third-order valence-electron chi connectivity index (χ3n) is 3.85. The molecule has 3 nitrogen and oxygen atoms in total. The molecule has 0 unspecified atom stereocenters. The molecule has 5 heteroatoms. The maximum absolute atomic E-state index is 12.2. The summed E-state index contributed by atoms with van der Waals surface area (Å²) in [4.78, 5) is 12.2. The lowest BCUT2D eigenvalue weighted by Gasteiger charge is -2.20. The first-order chi connectivity index (χ1) is 9.61. The van der Waals surface area contributed by atoms with Crippen molar-refractivity contribution in [2.24, 2.45) is 0 Å². The Hall–Kier alpha value is -0.290. The second kappa shape index (κ2) is 7.64. The summed E-state index contributed by atoms with van der Waals surface area (Å²) >= 11 is 5.41. The Morgan fingerprint density at radius 3 is 2.75 bits per heavy atom. The lowest BCUT2D eigenvalue weighted by Crippen LogP contribution is -2.15. The molecule has 1 heterocycles. The van der Waals surface area contributed by atoms with Crippen LogP contribution in [0.1, 0.15) is 50.4 Å². The van der Waals surface area contributed by atoms with Crippen molar-refractivity contribution in [3.05, 3.63) is 15.9 Å². The van der Waals surface area contributed by atoms with Crippen molar-refractivity contribution in [2.75, 3.05) is 5.75 Å². The molecule has 2 rings (SSSR count). The lowest BCUT2D eigenvalue weighted by molar-refractivity contribution is -0.116. The fraction of sp³-hybridized carbons (Fsp3) is 0.733. The van der Waals surface area contributed by atoms with Gasteiger partial charge < -0.3 is 0 Å². The van der Waals surface area contributed by atoms with Gasteiger partial charge in [0.05, 0.1) is 28.0 Å². The van der Waals surface area contributed by atoms with Crippen molar-refractivity contribution in [3.8, 4) is 0 Å². The third kappa shape index (κ3) is 4.10. The highest BCUT2D eigenvalue weighted by molar-refractivity contribution is 9.10. The van der Waals surface area contributed by atoms with Gasteiger partial charge in [-0.1, -0.05) is 19.3 Å². The van der Waals surface area contributed by atoms with E-state index in [9.17, 15) is 4.79 Å². The zero-order valence-corrected chi connectivity index (χ0v) is 14.7. The molecular formula is C15H23BrN2OS. The van der Waals surface area contributed by atoms with Crippen molar-refractivity contribution in [1.29, 1.82) is 0 Å². The SMILES string of the molecule is CCn1nc(C)c(Br)c1CC(=O)CSC1CCCCC1. The van der Waals surface area contributed by atoms with Gasteiger partial charge in [-0.2, -0.15) is 16.9 Å². The zero-order chi connectivity index (χ0) is 14.5. The summed E-state index contributed by atoms with van der Waals surface area (Å²) < 4.78 is 2.93. The van der Waals surface area contributed by atoms with Crippen LogP contribution in [0, 0.1) is 6.92 Å². The van der Waals surface area contributed by atoms with E-state index in [2.05, 4.69) is 28.0 Å². The minimum Gasteiger partial charge on any atom is -0.298 e. The largest absolute Gasteiger partial charge is 0.298 e. The summed E-state index contributed by atoms with van der Waals surface area (Å²) in [5, 5.41) is 5.15. The van der Waals surface area contributed by atoms with Crippen LogP contribution in [0.15, 0.2) is 4.47 Å². The molecular weight excluding hydrogens is 336 g/mol. The normalized spacial score (nSPS) is 16.6. The smallest absolute Gasteiger partial charge is 0.148 e. The first kappa shape index (κ1) is 16.1. The van der Waals surface area contributed by atoms with E-state index in [1.165, 1.54) is 32.1 Å². The predicted octanol–water partition coefficient (Wildman–Crippen LogP) is 4.15. The maximum atomic E-state index is 12.2.